The molecular formula is C14H12N2O2S. The normalized spacial score (nSPS) is 14.1. The first-order valence-corrected chi connectivity index (χ1v) is 6.76. The molecule has 0 saturated heterocycles. The van der Waals surface area contributed by atoms with E-state index in [1.54, 1.807) is 34.6 Å². The number of ketones is 1. The average Bonchev–Trinajstić information content (AvgIpc) is 2.89. The molecule has 2 aromatic rings. The smallest absolute Gasteiger partial charge is 0.299 e. The third kappa shape index (κ3) is 1.86. The van der Waals surface area contributed by atoms with Crippen LogP contribution in [0.3, 0.4) is 0 Å². The van der Waals surface area contributed by atoms with Crippen LogP contribution in [0.4, 0.5) is 5.69 Å². The molecule has 0 fully saturated rings. The molecule has 0 radical (unpaired) electrons. The third-order valence-corrected chi connectivity index (χ3v) is 4.07. The largest absolute Gasteiger partial charge is 0.299 e. The number of hydrogen-bond donors (Lipinski definition) is 0. The van der Waals surface area contributed by atoms with Gasteiger partial charge in [0.15, 0.2) is 0 Å². The molecule has 1 aliphatic heterocycles. The van der Waals surface area contributed by atoms with Crippen molar-refractivity contribution in [2.45, 2.75) is 20.4 Å². The molecular weight excluding hydrogens is 260 g/mol. The minimum Gasteiger partial charge on any atom is -0.299 e. The van der Waals surface area contributed by atoms with E-state index in [0.29, 0.717) is 12.1 Å². The highest BCUT2D eigenvalue weighted by atomic mass is 32.1. The second kappa shape index (κ2) is 4.28. The van der Waals surface area contributed by atoms with Crippen LogP contribution >= 0.6 is 11.3 Å². The van der Waals surface area contributed by atoms with E-state index >= 15 is 0 Å². The second-order valence-corrected chi connectivity index (χ2v) is 5.86. The summed E-state index contributed by atoms with van der Waals surface area (Å²) in [6.45, 7) is 4.24. The molecule has 1 aliphatic rings. The van der Waals surface area contributed by atoms with Crippen molar-refractivity contribution < 1.29 is 9.59 Å². The van der Waals surface area contributed by atoms with Crippen LogP contribution in [0.1, 0.15) is 25.8 Å². The van der Waals surface area contributed by atoms with E-state index < -0.39 is 11.7 Å². The van der Waals surface area contributed by atoms with Crippen molar-refractivity contribution in [2.24, 2.45) is 0 Å². The van der Waals surface area contributed by atoms with Crippen LogP contribution in [0, 0.1) is 13.8 Å². The van der Waals surface area contributed by atoms with Gasteiger partial charge in [-0.15, -0.1) is 11.3 Å². The number of anilines is 1. The Bertz CT molecular complexity index is 691. The summed E-state index contributed by atoms with van der Waals surface area (Å²) in [5.41, 5.74) is 2.19. The molecule has 0 bridgehead atoms. The number of aromatic nitrogens is 1. The van der Waals surface area contributed by atoms with Crippen LogP contribution < -0.4 is 4.90 Å². The van der Waals surface area contributed by atoms with E-state index in [1.165, 1.54) is 0 Å². The van der Waals surface area contributed by atoms with E-state index in [2.05, 4.69) is 4.98 Å². The summed E-state index contributed by atoms with van der Waals surface area (Å²) in [6, 6.07) is 5.43. The van der Waals surface area contributed by atoms with Crippen molar-refractivity contribution in [2.75, 3.05) is 4.90 Å². The fraction of sp³-hybridized carbons (Fsp3) is 0.214. The topological polar surface area (TPSA) is 50.3 Å². The minimum atomic E-state index is -0.449. The van der Waals surface area contributed by atoms with Crippen LogP contribution in [0.2, 0.25) is 0 Å². The highest BCUT2D eigenvalue weighted by molar-refractivity contribution is 7.11. The summed E-state index contributed by atoms with van der Waals surface area (Å²) < 4.78 is 0. The van der Waals surface area contributed by atoms with Crippen molar-refractivity contribution in [1.82, 2.24) is 4.98 Å². The highest BCUT2D eigenvalue weighted by Gasteiger charge is 2.36. The van der Waals surface area contributed by atoms with Crippen LogP contribution in [0.25, 0.3) is 0 Å². The lowest BCUT2D eigenvalue weighted by atomic mass is 10.1. The Morgan fingerprint density at radius 3 is 2.74 bits per heavy atom. The lowest BCUT2D eigenvalue weighted by Crippen LogP contribution is -2.29. The average molecular weight is 272 g/mol. The van der Waals surface area contributed by atoms with Crippen LogP contribution in [-0.2, 0) is 11.3 Å². The number of thiazole rings is 1. The Morgan fingerprint density at radius 2 is 2.05 bits per heavy atom. The van der Waals surface area contributed by atoms with Crippen molar-refractivity contribution in [3.8, 4) is 0 Å². The number of amides is 1. The molecule has 19 heavy (non-hydrogen) atoms. The summed E-state index contributed by atoms with van der Waals surface area (Å²) in [7, 11) is 0. The summed E-state index contributed by atoms with van der Waals surface area (Å²) >= 11 is 1.54. The van der Waals surface area contributed by atoms with Gasteiger partial charge in [0.05, 0.1) is 22.8 Å². The Morgan fingerprint density at radius 1 is 1.26 bits per heavy atom. The van der Waals surface area contributed by atoms with Gasteiger partial charge in [0, 0.05) is 11.1 Å². The molecule has 0 atom stereocenters. The number of carbonyl (C=O) groups is 2. The molecule has 5 heteroatoms. The van der Waals surface area contributed by atoms with Crippen molar-refractivity contribution in [3.63, 3.8) is 0 Å². The molecule has 0 N–H and O–H groups in total. The van der Waals surface area contributed by atoms with E-state index in [0.717, 1.165) is 21.1 Å². The van der Waals surface area contributed by atoms with E-state index in [-0.39, 0.29) is 0 Å². The summed E-state index contributed by atoms with van der Waals surface area (Å²) in [6.07, 6.45) is 1.76. The van der Waals surface area contributed by atoms with Crippen LogP contribution in [-0.4, -0.2) is 16.7 Å². The fourth-order valence-corrected chi connectivity index (χ4v) is 3.11. The number of fused-ring (bicyclic) bond motifs is 1. The maximum absolute atomic E-state index is 12.1. The summed E-state index contributed by atoms with van der Waals surface area (Å²) in [4.78, 5) is 30.8. The number of benzene rings is 1. The fourth-order valence-electron chi connectivity index (χ4n) is 2.32. The number of para-hydroxylation sites is 1. The number of aryl methyl sites for hydroxylation is 2. The van der Waals surface area contributed by atoms with Gasteiger partial charge in [-0.3, -0.25) is 14.5 Å². The molecule has 0 aliphatic carbocycles. The van der Waals surface area contributed by atoms with Gasteiger partial charge >= 0.3 is 0 Å². The quantitative estimate of drug-likeness (QED) is 0.789. The van der Waals surface area contributed by atoms with Gasteiger partial charge in [0.2, 0.25) is 0 Å². The number of rotatable bonds is 2. The molecule has 96 valence electrons. The number of Topliss-reactive ketones (excluding diaryl/α,β-unsaturated/α-hetero) is 1. The Hall–Kier alpha value is -2.01. The molecule has 3 rings (SSSR count). The van der Waals surface area contributed by atoms with Gasteiger partial charge in [0.25, 0.3) is 11.7 Å². The molecule has 1 aromatic heterocycles. The first-order chi connectivity index (χ1) is 9.08. The lowest BCUT2D eigenvalue weighted by Gasteiger charge is -2.17. The Kier molecular flexibility index (Phi) is 2.71. The van der Waals surface area contributed by atoms with Crippen LogP contribution in [0.5, 0.6) is 0 Å². The van der Waals surface area contributed by atoms with Crippen molar-refractivity contribution >= 4 is 28.7 Å². The van der Waals surface area contributed by atoms with Gasteiger partial charge in [-0.05, 0) is 25.5 Å². The highest BCUT2D eigenvalue weighted by Crippen LogP contribution is 2.33. The molecule has 0 spiro atoms. The molecule has 1 aromatic carbocycles. The SMILES string of the molecule is Cc1ncc(CN2C(=O)C(=O)c3cccc(C)c32)s1. The van der Waals surface area contributed by atoms with Gasteiger partial charge in [0.1, 0.15) is 0 Å². The molecule has 0 unspecified atom stereocenters. The van der Waals surface area contributed by atoms with Gasteiger partial charge < -0.3 is 0 Å². The first kappa shape index (κ1) is 12.0. The number of carbonyl (C=O) groups excluding carboxylic acids is 2. The monoisotopic (exact) mass is 272 g/mol. The number of hydrogen-bond acceptors (Lipinski definition) is 4. The predicted octanol–water partition coefficient (Wildman–Crippen LogP) is 2.49. The first-order valence-electron chi connectivity index (χ1n) is 5.95. The maximum atomic E-state index is 12.1. The molecule has 4 nitrogen and oxygen atoms in total. The summed E-state index contributed by atoms with van der Waals surface area (Å²) in [5.74, 6) is -0.865. The van der Waals surface area contributed by atoms with Gasteiger partial charge in [-0.25, -0.2) is 4.98 Å². The van der Waals surface area contributed by atoms with E-state index in [9.17, 15) is 9.59 Å². The van der Waals surface area contributed by atoms with Crippen molar-refractivity contribution in [3.05, 3.63) is 45.4 Å². The molecule has 2 heterocycles. The lowest BCUT2D eigenvalue weighted by molar-refractivity contribution is -0.114. The minimum absolute atomic E-state index is 0.411. The Labute approximate surface area is 114 Å². The van der Waals surface area contributed by atoms with Gasteiger partial charge in [-0.2, -0.15) is 0 Å². The molecule has 1 amide bonds. The van der Waals surface area contributed by atoms with Crippen molar-refractivity contribution in [1.29, 1.82) is 0 Å². The third-order valence-electron chi connectivity index (χ3n) is 3.17. The zero-order chi connectivity index (χ0) is 13.6. The number of nitrogens with zero attached hydrogens (tertiary/aromatic N) is 2. The standard InChI is InChI=1S/C14H12N2O2S/c1-8-4-3-5-11-12(8)16(14(18)13(11)17)7-10-6-15-9(2)19-10/h3-6H,7H2,1-2H3. The van der Waals surface area contributed by atoms with Gasteiger partial charge in [-0.1, -0.05) is 12.1 Å². The zero-order valence-electron chi connectivity index (χ0n) is 10.6. The zero-order valence-corrected chi connectivity index (χ0v) is 11.5. The predicted molar refractivity (Wildman–Crippen MR) is 73.6 cm³/mol. The second-order valence-electron chi connectivity index (χ2n) is 4.54. The Balaban J connectivity index is 2.04. The van der Waals surface area contributed by atoms with Crippen LogP contribution in [0.15, 0.2) is 24.4 Å². The molecule has 0 saturated carbocycles. The van der Waals surface area contributed by atoms with E-state index in [4.69, 9.17) is 0 Å². The maximum Gasteiger partial charge on any atom is 0.299 e. The summed E-state index contributed by atoms with van der Waals surface area (Å²) in [5, 5.41) is 0.956. The van der Waals surface area contributed by atoms with E-state index in [1.807, 2.05) is 19.9 Å².